The number of aliphatic hydroxyl groups excluding tert-OH is 1. The molecule has 2 heteroatoms. The van der Waals surface area contributed by atoms with Crippen LogP contribution >= 0.6 is 0 Å². The first-order chi connectivity index (χ1) is 4.86. The summed E-state index contributed by atoms with van der Waals surface area (Å²) in [5.41, 5.74) is 0. The number of rotatable bonds is 3. The van der Waals surface area contributed by atoms with Gasteiger partial charge in [0.15, 0.2) is 0 Å². The minimum Gasteiger partial charge on any atom is -0.393 e. The molecular formula is C8H15NO. The molecule has 58 valence electrons. The predicted molar refractivity (Wildman–Crippen MR) is 39.7 cm³/mol. The average molecular weight is 141 g/mol. The highest BCUT2D eigenvalue weighted by atomic mass is 16.3. The molecule has 0 amide bonds. The molecule has 2 aliphatic rings. The molecule has 10 heavy (non-hydrogen) atoms. The van der Waals surface area contributed by atoms with Crippen molar-refractivity contribution < 1.29 is 5.11 Å². The van der Waals surface area contributed by atoms with E-state index in [1.54, 1.807) is 0 Å². The van der Waals surface area contributed by atoms with E-state index >= 15 is 0 Å². The van der Waals surface area contributed by atoms with E-state index < -0.39 is 0 Å². The number of nitrogens with one attached hydrogen (secondary N) is 1. The van der Waals surface area contributed by atoms with Crippen LogP contribution in [0.1, 0.15) is 19.3 Å². The van der Waals surface area contributed by atoms with Crippen LogP contribution < -0.4 is 5.32 Å². The Hall–Kier alpha value is -0.0800. The molecule has 0 aromatic rings. The molecule has 2 nitrogen and oxygen atoms in total. The molecule has 1 aliphatic heterocycles. The van der Waals surface area contributed by atoms with Gasteiger partial charge in [0, 0.05) is 19.0 Å². The lowest BCUT2D eigenvalue weighted by Gasteiger charge is -2.31. The van der Waals surface area contributed by atoms with Crippen molar-refractivity contribution in [2.45, 2.75) is 25.4 Å². The highest BCUT2D eigenvalue weighted by Gasteiger charge is 2.31. The van der Waals surface area contributed by atoms with Gasteiger partial charge < -0.3 is 10.4 Å². The maximum Gasteiger partial charge on any atom is 0.0595 e. The van der Waals surface area contributed by atoms with E-state index in [9.17, 15) is 5.11 Å². The average Bonchev–Trinajstić information content (AvgIpc) is 2.43. The Morgan fingerprint density at radius 1 is 1.40 bits per heavy atom. The largest absolute Gasteiger partial charge is 0.393 e. The lowest BCUT2D eigenvalue weighted by molar-refractivity contribution is 0.0649. The fourth-order valence-electron chi connectivity index (χ4n) is 1.47. The standard InChI is InChI=1S/C8H15NO/c10-8(3-6-1-2-6)7-4-9-5-7/h6-10H,1-5H2. The zero-order chi connectivity index (χ0) is 6.97. The normalized spacial score (nSPS) is 29.7. The highest BCUT2D eigenvalue weighted by molar-refractivity contribution is 4.85. The Kier molecular flexibility index (Phi) is 1.66. The Bertz CT molecular complexity index is 118. The lowest BCUT2D eigenvalue weighted by Crippen LogP contribution is -2.48. The fourth-order valence-corrected chi connectivity index (χ4v) is 1.47. The van der Waals surface area contributed by atoms with Gasteiger partial charge in [-0.1, -0.05) is 12.8 Å². The van der Waals surface area contributed by atoms with Crippen LogP contribution in [0.3, 0.4) is 0 Å². The van der Waals surface area contributed by atoms with Gasteiger partial charge in [-0.25, -0.2) is 0 Å². The van der Waals surface area contributed by atoms with Crippen molar-refractivity contribution in [3.8, 4) is 0 Å². The van der Waals surface area contributed by atoms with Crippen LogP contribution in [0.2, 0.25) is 0 Å². The minimum atomic E-state index is -0.00579. The first kappa shape index (κ1) is 6.62. The second-order valence-corrected chi connectivity index (χ2v) is 3.66. The number of aliphatic hydroxyl groups is 1. The molecule has 1 heterocycles. The van der Waals surface area contributed by atoms with Crippen LogP contribution in [0.5, 0.6) is 0 Å². The van der Waals surface area contributed by atoms with Gasteiger partial charge in [-0.05, 0) is 12.3 Å². The summed E-state index contributed by atoms with van der Waals surface area (Å²) < 4.78 is 0. The molecule has 1 atom stereocenters. The van der Waals surface area contributed by atoms with Crippen LogP contribution in [0, 0.1) is 11.8 Å². The van der Waals surface area contributed by atoms with Crippen LogP contribution in [-0.2, 0) is 0 Å². The van der Waals surface area contributed by atoms with E-state index in [-0.39, 0.29) is 6.10 Å². The van der Waals surface area contributed by atoms with E-state index in [4.69, 9.17) is 0 Å². The van der Waals surface area contributed by atoms with Crippen LogP contribution in [-0.4, -0.2) is 24.3 Å². The zero-order valence-corrected chi connectivity index (χ0v) is 6.21. The molecule has 1 saturated heterocycles. The molecule has 0 bridgehead atoms. The van der Waals surface area contributed by atoms with E-state index in [0.29, 0.717) is 5.92 Å². The summed E-state index contributed by atoms with van der Waals surface area (Å²) in [5, 5.41) is 12.7. The van der Waals surface area contributed by atoms with Crippen LogP contribution in [0.15, 0.2) is 0 Å². The van der Waals surface area contributed by atoms with Crippen molar-refractivity contribution in [1.82, 2.24) is 5.32 Å². The lowest BCUT2D eigenvalue weighted by atomic mass is 9.93. The first-order valence-corrected chi connectivity index (χ1v) is 4.25. The van der Waals surface area contributed by atoms with Gasteiger partial charge in [-0.2, -0.15) is 0 Å². The van der Waals surface area contributed by atoms with Crippen molar-refractivity contribution in [2.75, 3.05) is 13.1 Å². The molecule has 2 N–H and O–H groups in total. The van der Waals surface area contributed by atoms with Gasteiger partial charge >= 0.3 is 0 Å². The SMILES string of the molecule is OC(CC1CC1)C1CNC1. The fraction of sp³-hybridized carbons (Fsp3) is 1.00. The number of hydrogen-bond donors (Lipinski definition) is 2. The van der Waals surface area contributed by atoms with Gasteiger partial charge in [0.2, 0.25) is 0 Å². The summed E-state index contributed by atoms with van der Waals surface area (Å²) in [7, 11) is 0. The van der Waals surface area contributed by atoms with Crippen molar-refractivity contribution in [2.24, 2.45) is 11.8 Å². The van der Waals surface area contributed by atoms with Crippen LogP contribution in [0.4, 0.5) is 0 Å². The summed E-state index contributed by atoms with van der Waals surface area (Å²) >= 11 is 0. The van der Waals surface area contributed by atoms with Crippen LogP contribution in [0.25, 0.3) is 0 Å². The van der Waals surface area contributed by atoms with Gasteiger partial charge in [0.1, 0.15) is 0 Å². The van der Waals surface area contributed by atoms with Gasteiger partial charge in [0.25, 0.3) is 0 Å². The van der Waals surface area contributed by atoms with Crippen molar-refractivity contribution in [1.29, 1.82) is 0 Å². The third-order valence-corrected chi connectivity index (χ3v) is 2.63. The molecule has 2 rings (SSSR count). The molecular weight excluding hydrogens is 126 g/mol. The topological polar surface area (TPSA) is 32.3 Å². The monoisotopic (exact) mass is 141 g/mol. The van der Waals surface area contributed by atoms with Gasteiger partial charge in [0.05, 0.1) is 6.10 Å². The van der Waals surface area contributed by atoms with Gasteiger partial charge in [-0.15, -0.1) is 0 Å². The Morgan fingerprint density at radius 3 is 2.50 bits per heavy atom. The molecule has 1 unspecified atom stereocenters. The smallest absolute Gasteiger partial charge is 0.0595 e. The minimum absolute atomic E-state index is 0.00579. The maximum atomic E-state index is 9.54. The summed E-state index contributed by atoms with van der Waals surface area (Å²) in [6.07, 6.45) is 3.77. The molecule has 1 saturated carbocycles. The molecule has 0 radical (unpaired) electrons. The summed E-state index contributed by atoms with van der Waals surface area (Å²) in [6.45, 7) is 2.07. The van der Waals surface area contributed by atoms with Crippen molar-refractivity contribution in [3.63, 3.8) is 0 Å². The predicted octanol–water partition coefficient (Wildman–Crippen LogP) is 0.367. The second-order valence-electron chi connectivity index (χ2n) is 3.66. The Balaban J connectivity index is 1.69. The molecule has 2 fully saturated rings. The summed E-state index contributed by atoms with van der Waals surface area (Å²) in [4.78, 5) is 0. The quantitative estimate of drug-likeness (QED) is 0.595. The molecule has 0 spiro atoms. The second kappa shape index (κ2) is 2.51. The van der Waals surface area contributed by atoms with E-state index in [0.717, 1.165) is 25.4 Å². The molecule has 0 aromatic heterocycles. The zero-order valence-electron chi connectivity index (χ0n) is 6.21. The van der Waals surface area contributed by atoms with Crippen molar-refractivity contribution >= 4 is 0 Å². The molecule has 0 aromatic carbocycles. The third-order valence-electron chi connectivity index (χ3n) is 2.63. The van der Waals surface area contributed by atoms with E-state index in [1.165, 1.54) is 12.8 Å². The van der Waals surface area contributed by atoms with E-state index in [1.807, 2.05) is 0 Å². The Morgan fingerprint density at radius 2 is 2.10 bits per heavy atom. The summed E-state index contributed by atoms with van der Waals surface area (Å²) in [6, 6.07) is 0. The number of hydrogen-bond acceptors (Lipinski definition) is 2. The first-order valence-electron chi connectivity index (χ1n) is 4.25. The van der Waals surface area contributed by atoms with E-state index in [2.05, 4.69) is 5.32 Å². The van der Waals surface area contributed by atoms with Gasteiger partial charge in [-0.3, -0.25) is 0 Å². The van der Waals surface area contributed by atoms with Crippen molar-refractivity contribution in [3.05, 3.63) is 0 Å². The highest BCUT2D eigenvalue weighted by Crippen LogP contribution is 2.35. The maximum absolute atomic E-state index is 9.54. The molecule has 1 aliphatic carbocycles. The third kappa shape index (κ3) is 1.32. The Labute approximate surface area is 61.6 Å². The summed E-state index contributed by atoms with van der Waals surface area (Å²) in [5.74, 6) is 1.44.